The number of hydrogen-bond donors (Lipinski definition) is 2. The minimum Gasteiger partial charge on any atom is -0.439 e. The van der Waals surface area contributed by atoms with Gasteiger partial charge in [0.2, 0.25) is 11.8 Å². The third-order valence-corrected chi connectivity index (χ3v) is 4.32. The summed E-state index contributed by atoms with van der Waals surface area (Å²) in [6, 6.07) is 15.6. The van der Waals surface area contributed by atoms with E-state index >= 15 is 0 Å². The Labute approximate surface area is 180 Å². The zero-order chi connectivity index (χ0) is 24.5. The molecule has 0 spiro atoms. The van der Waals surface area contributed by atoms with Gasteiger partial charge in [0.1, 0.15) is 16.6 Å². The van der Waals surface area contributed by atoms with Crippen LogP contribution in [0.2, 0.25) is 2.82 Å². The molecular weight excluding hydrogens is 384 g/mol. The highest BCUT2D eigenvalue weighted by Gasteiger charge is 2.08. The lowest BCUT2D eigenvalue weighted by atomic mass is 10.2. The molecule has 0 saturated heterocycles. The van der Waals surface area contributed by atoms with E-state index in [1.807, 2.05) is 25.1 Å². The van der Waals surface area contributed by atoms with Crippen molar-refractivity contribution in [2.24, 2.45) is 0 Å². The fourth-order valence-electron chi connectivity index (χ4n) is 2.63. The molecule has 0 atom stereocenters. The molecule has 0 aliphatic heterocycles. The number of benzene rings is 2. The Hall–Kier alpha value is -3.39. The van der Waals surface area contributed by atoms with Crippen molar-refractivity contribution in [3.63, 3.8) is 0 Å². The lowest BCUT2D eigenvalue weighted by Gasteiger charge is -2.07. The van der Waals surface area contributed by atoms with Crippen molar-refractivity contribution in [3.05, 3.63) is 66.0 Å². The predicted octanol–water partition coefficient (Wildman–Crippen LogP) is 5.14. The van der Waals surface area contributed by atoms with Crippen LogP contribution >= 0.6 is 11.8 Å². The molecule has 0 radical (unpaired) electrons. The summed E-state index contributed by atoms with van der Waals surface area (Å²) in [5.74, 6) is 1.40. The van der Waals surface area contributed by atoms with Gasteiger partial charge in [0.05, 0.1) is 0 Å². The first kappa shape index (κ1) is 13.7. The monoisotopic (exact) mass is 409 g/mol. The van der Waals surface area contributed by atoms with Crippen molar-refractivity contribution in [1.82, 2.24) is 25.1 Å². The normalized spacial score (nSPS) is 13.7. The largest absolute Gasteiger partial charge is 0.439 e. The highest BCUT2D eigenvalue weighted by molar-refractivity contribution is 7.98. The van der Waals surface area contributed by atoms with E-state index in [2.05, 4.69) is 20.2 Å². The maximum atomic E-state index is 8.38. The first-order chi connectivity index (χ1) is 16.1. The topological polar surface area (TPSA) is 88.6 Å². The molecule has 0 aliphatic carbocycles. The fraction of sp³-hybridized carbons (Fsp3) is 0.143. The molecule has 29 heavy (non-hydrogen) atoms. The van der Waals surface area contributed by atoms with Gasteiger partial charge in [-0.3, -0.25) is 0 Å². The van der Waals surface area contributed by atoms with E-state index in [0.29, 0.717) is 39.6 Å². The zero-order valence-corrected chi connectivity index (χ0v) is 16.5. The van der Waals surface area contributed by atoms with E-state index in [0.717, 1.165) is 15.9 Å². The van der Waals surface area contributed by atoms with Gasteiger partial charge in [-0.05, 0) is 62.0 Å². The second-order valence-corrected chi connectivity index (χ2v) is 6.83. The molecule has 4 rings (SSSR count). The number of aryl methyl sites for hydroxylation is 2. The lowest BCUT2D eigenvalue weighted by Crippen LogP contribution is -1.94. The quantitative estimate of drug-likeness (QED) is 0.337. The van der Waals surface area contributed by atoms with Gasteiger partial charge >= 0.3 is 0 Å². The first-order valence-corrected chi connectivity index (χ1v) is 9.54. The molecule has 0 saturated carbocycles. The minimum atomic E-state index is -2.22. The number of hydrogen-bond acceptors (Lipinski definition) is 7. The molecule has 146 valence electrons. The molecule has 2 N–H and O–H groups in total. The Morgan fingerprint density at radius 3 is 2.76 bits per heavy atom. The summed E-state index contributed by atoms with van der Waals surface area (Å²) < 4.78 is 44.7. The van der Waals surface area contributed by atoms with E-state index < -0.39 is 6.18 Å². The van der Waals surface area contributed by atoms with Gasteiger partial charge in [-0.1, -0.05) is 12.1 Å². The van der Waals surface area contributed by atoms with Gasteiger partial charge in [0.15, 0.2) is 8.65 Å². The van der Waals surface area contributed by atoms with E-state index in [1.165, 1.54) is 6.07 Å². The summed E-state index contributed by atoms with van der Waals surface area (Å²) in [6.07, 6.45) is -2.22. The van der Waals surface area contributed by atoms with E-state index in [4.69, 9.17) is 11.7 Å². The number of anilines is 2. The Morgan fingerprint density at radius 1 is 1.10 bits per heavy atom. The smallest absolute Gasteiger partial charge is 0.226 e. The zero-order valence-electron chi connectivity index (χ0n) is 20.7. The standard InChI is InChI=1S/C21H20N6OS/c1-13-5-4-6-16(11-13)24-21-25-20(26-27-21)15-7-9-17(10-8-15)28-18-12-19(29-3)23-14(2)22-18/h4-12H,1-3H3,(H2,24,25,26,27)/i3D3/hD2. The summed E-state index contributed by atoms with van der Waals surface area (Å²) in [4.78, 5) is 9.32. The molecule has 4 aromatic rings. The summed E-state index contributed by atoms with van der Waals surface area (Å²) >= 11 is 0.655. The van der Waals surface area contributed by atoms with Gasteiger partial charge < -0.3 is 15.0 Å². The van der Waals surface area contributed by atoms with Crippen molar-refractivity contribution in [1.29, 1.82) is 0 Å². The fourth-order valence-corrected chi connectivity index (χ4v) is 2.96. The Kier molecular flexibility index (Phi) is 3.94. The number of H-pyrrole nitrogens is 1. The van der Waals surface area contributed by atoms with Gasteiger partial charge in [-0.15, -0.1) is 22.0 Å². The number of aromatic amines is 1. The molecule has 2 heterocycles. The van der Waals surface area contributed by atoms with Crippen LogP contribution in [-0.4, -0.2) is 31.3 Å². The maximum Gasteiger partial charge on any atom is 0.226 e. The molecule has 0 unspecified atom stereocenters. The number of nitrogens with one attached hydrogen (secondary N) is 2. The van der Waals surface area contributed by atoms with Gasteiger partial charge in [-0.2, -0.15) is 4.98 Å². The SMILES string of the molecule is [2H]N(c1cccc(C)c1)c1nnc(-c2ccc(Oc3cc(SC([2H])([2H])[2H])nc(C)n3)cc2)n1[2H]. The molecule has 0 fully saturated rings. The second kappa shape index (κ2) is 8.32. The van der Waals surface area contributed by atoms with E-state index in [-0.39, 0.29) is 17.7 Å². The number of ether oxygens (including phenoxy) is 1. The summed E-state index contributed by atoms with van der Waals surface area (Å²) in [7, 11) is 0. The third-order valence-electron chi connectivity index (χ3n) is 3.90. The molecule has 0 aliphatic rings. The third kappa shape index (κ3) is 4.72. The summed E-state index contributed by atoms with van der Waals surface area (Å²) in [5.41, 5.74) is 2.17. The number of thioether (sulfide) groups is 1. The van der Waals surface area contributed by atoms with Crippen molar-refractivity contribution in [2.75, 3.05) is 11.5 Å². The predicted molar refractivity (Wildman–Crippen MR) is 115 cm³/mol. The maximum absolute atomic E-state index is 8.38. The van der Waals surface area contributed by atoms with Crippen molar-refractivity contribution < 1.29 is 11.7 Å². The van der Waals surface area contributed by atoms with Crippen LogP contribution in [0.25, 0.3) is 11.4 Å². The van der Waals surface area contributed by atoms with Gasteiger partial charge in [0.25, 0.3) is 0 Å². The molecule has 7 nitrogen and oxygen atoms in total. The van der Waals surface area contributed by atoms with E-state index in [1.54, 1.807) is 37.3 Å². The highest BCUT2D eigenvalue weighted by atomic mass is 32.2. The van der Waals surface area contributed by atoms with Gasteiger partial charge in [0, 0.05) is 21.4 Å². The summed E-state index contributed by atoms with van der Waals surface area (Å²) in [6.45, 7) is 3.58. The number of aromatic nitrogens is 5. The first-order valence-electron chi connectivity index (χ1n) is 11.1. The molecule has 2 aromatic heterocycles. The minimum absolute atomic E-state index is 0.0525. The van der Waals surface area contributed by atoms with Crippen LogP contribution in [0.5, 0.6) is 11.6 Å². The molecular formula is C21H20N6OS. The molecule has 0 bridgehead atoms. The van der Waals surface area contributed by atoms with Crippen LogP contribution in [0.15, 0.2) is 59.6 Å². The van der Waals surface area contributed by atoms with Crippen molar-refractivity contribution in [2.45, 2.75) is 18.9 Å². The van der Waals surface area contributed by atoms with Crippen LogP contribution in [0, 0.1) is 13.8 Å². The summed E-state index contributed by atoms with van der Waals surface area (Å²) in [5, 5.41) is 9.43. The highest BCUT2D eigenvalue weighted by Crippen LogP contribution is 2.26. The van der Waals surface area contributed by atoms with Crippen LogP contribution in [-0.2, 0) is 0 Å². The van der Waals surface area contributed by atoms with Crippen LogP contribution in [0.1, 0.15) is 15.5 Å². The van der Waals surface area contributed by atoms with Crippen LogP contribution in [0.4, 0.5) is 11.6 Å². The molecule has 0 amide bonds. The van der Waals surface area contributed by atoms with Crippen molar-refractivity contribution >= 4 is 23.4 Å². The Morgan fingerprint density at radius 2 is 1.97 bits per heavy atom. The number of nitrogens with zero attached hydrogens (tertiary/aromatic N) is 4. The van der Waals surface area contributed by atoms with Crippen molar-refractivity contribution in [3.8, 4) is 23.0 Å². The molecule has 2 aromatic carbocycles. The van der Waals surface area contributed by atoms with E-state index in [9.17, 15) is 0 Å². The van der Waals surface area contributed by atoms with Crippen LogP contribution < -0.4 is 10.0 Å². The molecule has 8 heteroatoms. The Balaban J connectivity index is 1.53. The average Bonchev–Trinajstić information content (AvgIpc) is 3.13. The number of rotatable bonds is 6. The second-order valence-electron chi connectivity index (χ2n) is 6.21. The Bertz CT molecular complexity index is 1310. The average molecular weight is 410 g/mol. The van der Waals surface area contributed by atoms with Gasteiger partial charge in [-0.25, -0.2) is 4.98 Å². The van der Waals surface area contributed by atoms with Crippen LogP contribution in [0.3, 0.4) is 0 Å². The lowest BCUT2D eigenvalue weighted by molar-refractivity contribution is 0.457.